The van der Waals surface area contributed by atoms with Crippen molar-refractivity contribution in [3.63, 3.8) is 0 Å². The molecule has 0 amide bonds. The van der Waals surface area contributed by atoms with E-state index in [1.54, 1.807) is 6.92 Å². The van der Waals surface area contributed by atoms with Gasteiger partial charge in [-0.3, -0.25) is 0 Å². The molecule has 0 spiro atoms. The van der Waals surface area contributed by atoms with Crippen LogP contribution in [0.3, 0.4) is 0 Å². The molecule has 0 bridgehead atoms. The lowest BCUT2D eigenvalue weighted by Gasteiger charge is -2.13. The molecule has 2 unspecified atom stereocenters. The van der Waals surface area contributed by atoms with Crippen LogP contribution in [0.5, 0.6) is 0 Å². The Hall–Kier alpha value is -0.130. The van der Waals surface area contributed by atoms with Gasteiger partial charge in [-0.2, -0.15) is 0 Å². The highest BCUT2D eigenvalue weighted by molar-refractivity contribution is 7.88. The number of nitrogens with two attached hydrogens (primary N) is 1. The molecular formula is C6H16N2O2S. The summed E-state index contributed by atoms with van der Waals surface area (Å²) in [6, 6.07) is -0.0516. The second-order valence-electron chi connectivity index (χ2n) is 3.00. The van der Waals surface area contributed by atoms with E-state index in [2.05, 4.69) is 4.72 Å². The molecule has 0 rings (SSSR count). The summed E-state index contributed by atoms with van der Waals surface area (Å²) < 4.78 is 23.8. The minimum Gasteiger partial charge on any atom is -0.328 e. The smallest absolute Gasteiger partial charge is 0.208 e. The lowest BCUT2D eigenvalue weighted by Crippen LogP contribution is -2.35. The van der Waals surface area contributed by atoms with Gasteiger partial charge >= 0.3 is 0 Å². The molecule has 0 aromatic carbocycles. The predicted molar refractivity (Wildman–Crippen MR) is 45.7 cm³/mol. The first-order chi connectivity index (χ1) is 4.81. The van der Waals surface area contributed by atoms with Crippen molar-refractivity contribution in [1.82, 2.24) is 4.72 Å². The van der Waals surface area contributed by atoms with Crippen molar-refractivity contribution in [2.45, 2.75) is 32.4 Å². The van der Waals surface area contributed by atoms with E-state index < -0.39 is 10.0 Å². The van der Waals surface area contributed by atoms with Crippen molar-refractivity contribution < 1.29 is 8.42 Å². The third-order valence-electron chi connectivity index (χ3n) is 1.14. The summed E-state index contributed by atoms with van der Waals surface area (Å²) >= 11 is 0. The zero-order chi connectivity index (χ0) is 9.07. The standard InChI is InChI=1S/C6H16N2O2S/c1-5(7)4-6(2)8-11(3,9)10/h5-6,8H,4,7H2,1-3H3. The Morgan fingerprint density at radius 1 is 1.45 bits per heavy atom. The van der Waals surface area contributed by atoms with Gasteiger partial charge in [-0.25, -0.2) is 13.1 Å². The predicted octanol–water partition coefficient (Wildman–Crippen LogP) is -0.339. The Balaban J connectivity index is 3.80. The van der Waals surface area contributed by atoms with Crippen LogP contribution in [-0.2, 0) is 10.0 Å². The molecule has 0 aliphatic rings. The molecular weight excluding hydrogens is 164 g/mol. The van der Waals surface area contributed by atoms with Crippen molar-refractivity contribution in [1.29, 1.82) is 0 Å². The van der Waals surface area contributed by atoms with E-state index >= 15 is 0 Å². The maximum Gasteiger partial charge on any atom is 0.208 e. The summed E-state index contributed by atoms with van der Waals surface area (Å²) in [6.45, 7) is 3.64. The minimum atomic E-state index is -3.07. The highest BCUT2D eigenvalue weighted by Crippen LogP contribution is 1.95. The summed E-state index contributed by atoms with van der Waals surface area (Å²) in [7, 11) is -3.07. The van der Waals surface area contributed by atoms with Crippen molar-refractivity contribution in [3.8, 4) is 0 Å². The molecule has 0 saturated heterocycles. The first kappa shape index (κ1) is 10.9. The van der Waals surface area contributed by atoms with Crippen LogP contribution < -0.4 is 10.5 Å². The Morgan fingerprint density at radius 2 is 1.91 bits per heavy atom. The third kappa shape index (κ3) is 7.77. The number of rotatable bonds is 4. The van der Waals surface area contributed by atoms with Gasteiger partial charge in [0.1, 0.15) is 0 Å². The molecule has 0 heterocycles. The summed E-state index contributed by atoms with van der Waals surface area (Å²) in [5.74, 6) is 0. The highest BCUT2D eigenvalue weighted by atomic mass is 32.2. The Morgan fingerprint density at radius 3 is 2.18 bits per heavy atom. The topological polar surface area (TPSA) is 72.2 Å². The first-order valence-electron chi connectivity index (χ1n) is 3.54. The lowest BCUT2D eigenvalue weighted by atomic mass is 10.1. The van der Waals surface area contributed by atoms with Gasteiger partial charge in [0.25, 0.3) is 0 Å². The summed E-state index contributed by atoms with van der Waals surface area (Å²) in [5.41, 5.74) is 5.48. The van der Waals surface area contributed by atoms with E-state index in [0.29, 0.717) is 6.42 Å². The Bertz CT molecular complexity index is 199. The van der Waals surface area contributed by atoms with E-state index in [1.807, 2.05) is 6.92 Å². The van der Waals surface area contributed by atoms with E-state index in [0.717, 1.165) is 6.26 Å². The molecule has 11 heavy (non-hydrogen) atoms. The summed E-state index contributed by atoms with van der Waals surface area (Å²) in [5, 5.41) is 0. The molecule has 2 atom stereocenters. The lowest BCUT2D eigenvalue weighted by molar-refractivity contribution is 0.522. The molecule has 0 radical (unpaired) electrons. The molecule has 0 aliphatic heterocycles. The SMILES string of the molecule is CC(N)CC(C)NS(C)(=O)=O. The fraction of sp³-hybridized carbons (Fsp3) is 1.00. The average Bonchev–Trinajstić information content (AvgIpc) is 1.53. The van der Waals surface area contributed by atoms with Gasteiger partial charge in [-0.05, 0) is 20.3 Å². The summed E-state index contributed by atoms with van der Waals surface area (Å²) in [4.78, 5) is 0. The zero-order valence-electron chi connectivity index (χ0n) is 7.16. The van der Waals surface area contributed by atoms with Gasteiger partial charge < -0.3 is 5.73 Å². The molecule has 3 N–H and O–H groups in total. The van der Waals surface area contributed by atoms with Crippen molar-refractivity contribution >= 4 is 10.0 Å². The van der Waals surface area contributed by atoms with Crippen LogP contribution in [0.4, 0.5) is 0 Å². The molecule has 0 aromatic heterocycles. The second-order valence-corrected chi connectivity index (χ2v) is 4.78. The average molecular weight is 180 g/mol. The van der Waals surface area contributed by atoms with Crippen molar-refractivity contribution in [2.24, 2.45) is 5.73 Å². The van der Waals surface area contributed by atoms with E-state index in [-0.39, 0.29) is 12.1 Å². The van der Waals surface area contributed by atoms with Crippen molar-refractivity contribution in [3.05, 3.63) is 0 Å². The highest BCUT2D eigenvalue weighted by Gasteiger charge is 2.09. The largest absolute Gasteiger partial charge is 0.328 e. The van der Waals surface area contributed by atoms with Gasteiger partial charge in [-0.1, -0.05) is 0 Å². The molecule has 5 heteroatoms. The molecule has 0 saturated carbocycles. The molecule has 4 nitrogen and oxygen atoms in total. The Labute approximate surface area is 68.2 Å². The van der Waals surface area contributed by atoms with Crippen LogP contribution >= 0.6 is 0 Å². The fourth-order valence-electron chi connectivity index (χ4n) is 0.971. The van der Waals surface area contributed by atoms with Crippen LogP contribution in [0, 0.1) is 0 Å². The van der Waals surface area contributed by atoms with E-state index in [9.17, 15) is 8.42 Å². The molecule has 0 fully saturated rings. The number of sulfonamides is 1. The minimum absolute atomic E-state index is 0.0271. The molecule has 0 aliphatic carbocycles. The van der Waals surface area contributed by atoms with E-state index in [1.165, 1.54) is 0 Å². The molecule has 0 aromatic rings. The van der Waals surface area contributed by atoms with Crippen LogP contribution in [0.1, 0.15) is 20.3 Å². The van der Waals surface area contributed by atoms with Gasteiger partial charge in [0.05, 0.1) is 6.26 Å². The quantitative estimate of drug-likeness (QED) is 0.622. The van der Waals surface area contributed by atoms with Crippen LogP contribution in [0.25, 0.3) is 0 Å². The number of nitrogens with one attached hydrogen (secondary N) is 1. The Kier molecular flexibility index (Phi) is 3.99. The van der Waals surface area contributed by atoms with Gasteiger partial charge in [0, 0.05) is 12.1 Å². The summed E-state index contributed by atoms with van der Waals surface area (Å²) in [6.07, 6.45) is 1.80. The second kappa shape index (κ2) is 4.04. The number of hydrogen-bond donors (Lipinski definition) is 2. The molecule has 68 valence electrons. The monoisotopic (exact) mass is 180 g/mol. The maximum absolute atomic E-state index is 10.7. The van der Waals surface area contributed by atoms with E-state index in [4.69, 9.17) is 5.73 Å². The van der Waals surface area contributed by atoms with Crippen LogP contribution in [0.15, 0.2) is 0 Å². The van der Waals surface area contributed by atoms with Gasteiger partial charge in [0.15, 0.2) is 0 Å². The van der Waals surface area contributed by atoms with Crippen molar-refractivity contribution in [2.75, 3.05) is 6.26 Å². The van der Waals surface area contributed by atoms with Gasteiger partial charge in [0.2, 0.25) is 10.0 Å². The van der Waals surface area contributed by atoms with Gasteiger partial charge in [-0.15, -0.1) is 0 Å². The number of hydrogen-bond acceptors (Lipinski definition) is 3. The van der Waals surface area contributed by atoms with Crippen LogP contribution in [-0.4, -0.2) is 26.8 Å². The maximum atomic E-state index is 10.7. The third-order valence-corrected chi connectivity index (χ3v) is 1.97. The zero-order valence-corrected chi connectivity index (χ0v) is 7.98. The first-order valence-corrected chi connectivity index (χ1v) is 5.43. The fourth-order valence-corrected chi connectivity index (χ4v) is 1.80. The van der Waals surface area contributed by atoms with Crippen LogP contribution in [0.2, 0.25) is 0 Å². The normalized spacial score (nSPS) is 17.8.